The van der Waals surface area contributed by atoms with Gasteiger partial charge in [-0.05, 0) is 31.2 Å². The van der Waals surface area contributed by atoms with Crippen LogP contribution in [-0.4, -0.2) is 31.6 Å². The molecule has 146 valence electrons. The Morgan fingerprint density at radius 1 is 1.18 bits per heavy atom. The summed E-state index contributed by atoms with van der Waals surface area (Å²) in [6.45, 7) is 1.99. The number of hydrogen-bond acceptors (Lipinski definition) is 5. The summed E-state index contributed by atoms with van der Waals surface area (Å²) < 4.78 is 11.5. The van der Waals surface area contributed by atoms with Gasteiger partial charge in [-0.1, -0.05) is 29.8 Å². The molecule has 2 N–H and O–H groups in total. The lowest BCUT2D eigenvalue weighted by atomic mass is 10.1. The molecule has 2 aromatic carbocycles. The number of rotatable bonds is 6. The van der Waals surface area contributed by atoms with E-state index in [1.165, 1.54) is 4.90 Å². The molecule has 3 rings (SSSR count). The molecule has 0 saturated carbocycles. The zero-order valence-corrected chi connectivity index (χ0v) is 16.8. The molecule has 0 radical (unpaired) electrons. The number of aryl methyl sites for hydroxylation is 1. The predicted molar refractivity (Wildman–Crippen MR) is 111 cm³/mol. The lowest BCUT2D eigenvalue weighted by molar-refractivity contribution is -0.117. The molecule has 0 bridgehead atoms. The molecule has 0 aliphatic rings. The summed E-state index contributed by atoms with van der Waals surface area (Å²) in [5.41, 5.74) is 8.34. The van der Waals surface area contributed by atoms with Crippen molar-refractivity contribution >= 4 is 34.1 Å². The van der Waals surface area contributed by atoms with E-state index in [9.17, 15) is 4.79 Å². The van der Waals surface area contributed by atoms with Crippen LogP contribution in [0.3, 0.4) is 0 Å². The number of ether oxygens (including phenoxy) is 2. The van der Waals surface area contributed by atoms with Crippen LogP contribution in [0.25, 0.3) is 10.9 Å². The number of nitrogens with two attached hydrogens (primary N) is 1. The number of halogens is 1. The monoisotopic (exact) mass is 399 g/mol. The first kappa shape index (κ1) is 19.9. The normalized spacial score (nSPS) is 10.8. The number of methoxy groups -OCH3 is 1. The molecular formula is C21H22ClN3O3. The van der Waals surface area contributed by atoms with E-state index in [1.54, 1.807) is 26.3 Å². The summed E-state index contributed by atoms with van der Waals surface area (Å²) in [7, 11) is 3.19. The van der Waals surface area contributed by atoms with Crippen LogP contribution in [0.1, 0.15) is 11.3 Å². The number of likely N-dealkylation sites (N-methyl/N-ethyl adjacent to an activating group) is 1. The molecule has 0 aliphatic heterocycles. The van der Waals surface area contributed by atoms with Crippen molar-refractivity contribution in [2.45, 2.75) is 13.5 Å². The summed E-state index contributed by atoms with van der Waals surface area (Å²) in [5.74, 6) is 0.982. The number of aromatic nitrogens is 1. The number of amides is 1. The van der Waals surface area contributed by atoms with Gasteiger partial charge in [0.1, 0.15) is 23.6 Å². The average molecular weight is 400 g/mol. The fourth-order valence-corrected chi connectivity index (χ4v) is 3.27. The second-order valence-electron chi connectivity index (χ2n) is 6.31. The number of anilines is 1. The Morgan fingerprint density at radius 2 is 1.96 bits per heavy atom. The van der Waals surface area contributed by atoms with Gasteiger partial charge in [0.05, 0.1) is 29.9 Å². The molecule has 1 aromatic heterocycles. The number of nitrogens with zero attached hydrogens (tertiary/aromatic N) is 2. The first-order valence-electron chi connectivity index (χ1n) is 8.77. The third kappa shape index (κ3) is 3.88. The lowest BCUT2D eigenvalue weighted by Gasteiger charge is -2.21. The van der Waals surface area contributed by atoms with Crippen molar-refractivity contribution in [1.82, 2.24) is 4.98 Å². The van der Waals surface area contributed by atoms with Crippen molar-refractivity contribution in [3.63, 3.8) is 0 Å². The first-order valence-corrected chi connectivity index (χ1v) is 9.15. The Kier molecular flexibility index (Phi) is 6.02. The zero-order chi connectivity index (χ0) is 20.3. The quantitative estimate of drug-likeness (QED) is 0.683. The van der Waals surface area contributed by atoms with Gasteiger partial charge in [0.15, 0.2) is 0 Å². The summed E-state index contributed by atoms with van der Waals surface area (Å²) in [5, 5.41) is 1.37. The molecule has 0 spiro atoms. The number of fused-ring (bicyclic) bond motifs is 1. The van der Waals surface area contributed by atoms with Crippen molar-refractivity contribution < 1.29 is 14.3 Å². The standard InChI is InChI=1S/C21H22ClN3O3/c1-13-7-8-14-5-4-6-18(21(14)24-13)28-12-15-17(27-3)10-9-16(20(15)22)25(2)19(26)11-23/h4-10H,11-12,23H2,1-3H3. The topological polar surface area (TPSA) is 77.7 Å². The van der Waals surface area contributed by atoms with Gasteiger partial charge in [0.25, 0.3) is 0 Å². The smallest absolute Gasteiger partial charge is 0.240 e. The van der Waals surface area contributed by atoms with Gasteiger partial charge in [-0.15, -0.1) is 0 Å². The summed E-state index contributed by atoms with van der Waals surface area (Å²) >= 11 is 6.59. The number of hydrogen-bond donors (Lipinski definition) is 1. The highest BCUT2D eigenvalue weighted by molar-refractivity contribution is 6.34. The van der Waals surface area contributed by atoms with Crippen LogP contribution >= 0.6 is 11.6 Å². The predicted octanol–water partition coefficient (Wildman–Crippen LogP) is 3.71. The number of para-hydroxylation sites is 1. The second-order valence-corrected chi connectivity index (χ2v) is 6.68. The van der Waals surface area contributed by atoms with E-state index in [1.807, 2.05) is 37.3 Å². The Morgan fingerprint density at radius 3 is 2.68 bits per heavy atom. The Balaban J connectivity index is 1.96. The van der Waals surface area contributed by atoms with Crippen LogP contribution in [0.15, 0.2) is 42.5 Å². The van der Waals surface area contributed by atoms with Crippen molar-refractivity contribution in [1.29, 1.82) is 0 Å². The largest absolute Gasteiger partial charge is 0.496 e. The highest BCUT2D eigenvalue weighted by Crippen LogP contribution is 2.36. The molecule has 0 aliphatic carbocycles. The molecule has 0 unspecified atom stereocenters. The van der Waals surface area contributed by atoms with Gasteiger partial charge in [0.2, 0.25) is 5.91 Å². The minimum atomic E-state index is -0.243. The second kappa shape index (κ2) is 8.46. The summed E-state index contributed by atoms with van der Waals surface area (Å²) in [6, 6.07) is 13.2. The van der Waals surface area contributed by atoms with Gasteiger partial charge in [-0.3, -0.25) is 4.79 Å². The number of benzene rings is 2. The Labute approximate surface area is 168 Å². The Hall–Kier alpha value is -2.83. The Bertz CT molecular complexity index is 1020. The molecule has 0 fully saturated rings. The van der Waals surface area contributed by atoms with Crippen LogP contribution in [-0.2, 0) is 11.4 Å². The minimum absolute atomic E-state index is 0.105. The molecule has 6 nitrogen and oxygen atoms in total. The molecule has 7 heteroatoms. The average Bonchev–Trinajstić information content (AvgIpc) is 2.71. The number of carbonyl (C=O) groups excluding carboxylic acids is 1. The molecule has 0 atom stereocenters. The van der Waals surface area contributed by atoms with Gasteiger partial charge >= 0.3 is 0 Å². The lowest BCUT2D eigenvalue weighted by Crippen LogP contribution is -2.32. The summed E-state index contributed by atoms with van der Waals surface area (Å²) in [4.78, 5) is 18.0. The molecule has 28 heavy (non-hydrogen) atoms. The van der Waals surface area contributed by atoms with Crippen LogP contribution in [0.4, 0.5) is 5.69 Å². The highest BCUT2D eigenvalue weighted by atomic mass is 35.5. The fraction of sp³-hybridized carbons (Fsp3) is 0.238. The molecule has 1 heterocycles. The van der Waals surface area contributed by atoms with Gasteiger partial charge in [-0.2, -0.15) is 0 Å². The van der Waals surface area contributed by atoms with Crippen LogP contribution in [0, 0.1) is 6.92 Å². The zero-order valence-electron chi connectivity index (χ0n) is 16.0. The van der Waals surface area contributed by atoms with Gasteiger partial charge < -0.3 is 20.1 Å². The highest BCUT2D eigenvalue weighted by Gasteiger charge is 2.19. The molecule has 3 aromatic rings. The maximum atomic E-state index is 12.0. The van der Waals surface area contributed by atoms with E-state index < -0.39 is 0 Å². The number of pyridine rings is 1. The van der Waals surface area contributed by atoms with Gasteiger partial charge in [0, 0.05) is 18.1 Å². The third-order valence-corrected chi connectivity index (χ3v) is 4.93. The molecule has 0 saturated heterocycles. The minimum Gasteiger partial charge on any atom is -0.496 e. The van der Waals surface area contributed by atoms with E-state index in [2.05, 4.69) is 4.98 Å². The van der Waals surface area contributed by atoms with E-state index in [-0.39, 0.29) is 19.1 Å². The van der Waals surface area contributed by atoms with Crippen LogP contribution in [0.2, 0.25) is 5.02 Å². The van der Waals surface area contributed by atoms with Gasteiger partial charge in [-0.25, -0.2) is 4.98 Å². The number of carbonyl (C=O) groups is 1. The van der Waals surface area contributed by atoms with Crippen molar-refractivity contribution in [2.24, 2.45) is 5.73 Å². The van der Waals surface area contributed by atoms with Crippen LogP contribution < -0.4 is 20.1 Å². The maximum absolute atomic E-state index is 12.0. The van der Waals surface area contributed by atoms with E-state index in [4.69, 9.17) is 26.8 Å². The fourth-order valence-electron chi connectivity index (χ4n) is 2.93. The van der Waals surface area contributed by atoms with E-state index in [0.717, 1.165) is 16.6 Å². The van der Waals surface area contributed by atoms with Crippen molar-refractivity contribution in [3.8, 4) is 11.5 Å². The molecular weight excluding hydrogens is 378 g/mol. The van der Waals surface area contributed by atoms with E-state index >= 15 is 0 Å². The van der Waals surface area contributed by atoms with Crippen LogP contribution in [0.5, 0.6) is 11.5 Å². The molecule has 1 amide bonds. The SMILES string of the molecule is COc1ccc(N(C)C(=O)CN)c(Cl)c1COc1cccc2ccc(C)nc12. The summed E-state index contributed by atoms with van der Waals surface area (Å²) in [6.07, 6.45) is 0. The van der Waals surface area contributed by atoms with Crippen molar-refractivity contribution in [2.75, 3.05) is 25.6 Å². The first-order chi connectivity index (χ1) is 13.5. The third-order valence-electron chi connectivity index (χ3n) is 4.50. The maximum Gasteiger partial charge on any atom is 0.240 e. The van der Waals surface area contributed by atoms with E-state index in [0.29, 0.717) is 27.8 Å². The van der Waals surface area contributed by atoms with Crippen molar-refractivity contribution in [3.05, 3.63) is 58.7 Å².